The molecule has 2 aromatic carbocycles. The molecule has 7 heteroatoms. The Morgan fingerprint density at radius 1 is 1.20 bits per heavy atom. The first-order valence-electron chi connectivity index (χ1n) is 7.80. The van der Waals surface area contributed by atoms with Crippen molar-refractivity contribution in [2.24, 2.45) is 0 Å². The van der Waals surface area contributed by atoms with Gasteiger partial charge in [0.2, 0.25) is 5.91 Å². The highest BCUT2D eigenvalue weighted by Crippen LogP contribution is 2.23. The van der Waals surface area contributed by atoms with Crippen LogP contribution in [-0.2, 0) is 4.79 Å². The zero-order valence-electron chi connectivity index (χ0n) is 14.0. The third-order valence-electron chi connectivity index (χ3n) is 3.64. The highest BCUT2D eigenvalue weighted by Gasteiger charge is 2.12. The van der Waals surface area contributed by atoms with Gasteiger partial charge in [0, 0.05) is 28.8 Å². The van der Waals surface area contributed by atoms with Crippen molar-refractivity contribution >= 4 is 28.9 Å². The summed E-state index contributed by atoms with van der Waals surface area (Å²) < 4.78 is 5.58. The van der Waals surface area contributed by atoms with E-state index < -0.39 is 4.92 Å². The fraction of sp³-hybridized carbons (Fsp3) is 0.278. The van der Waals surface area contributed by atoms with E-state index in [1.807, 2.05) is 13.0 Å². The number of aryl methyl sites for hydroxylation is 2. The SMILES string of the molecule is Cc1cc(OCCCC(=O)Nc2ccc(C)c([N+](=O)[O-])c2)ccc1Cl. The van der Waals surface area contributed by atoms with E-state index >= 15 is 0 Å². The van der Waals surface area contributed by atoms with E-state index in [9.17, 15) is 14.9 Å². The average Bonchev–Trinajstić information content (AvgIpc) is 2.56. The number of halogens is 1. The Morgan fingerprint density at radius 3 is 2.64 bits per heavy atom. The molecule has 1 amide bonds. The molecule has 0 aromatic heterocycles. The van der Waals surface area contributed by atoms with Crippen molar-refractivity contribution in [2.75, 3.05) is 11.9 Å². The van der Waals surface area contributed by atoms with Crippen LogP contribution in [0.5, 0.6) is 5.75 Å². The van der Waals surface area contributed by atoms with Crippen molar-refractivity contribution in [2.45, 2.75) is 26.7 Å². The van der Waals surface area contributed by atoms with Crippen LogP contribution < -0.4 is 10.1 Å². The summed E-state index contributed by atoms with van der Waals surface area (Å²) in [5.41, 5.74) is 1.88. The fourth-order valence-electron chi connectivity index (χ4n) is 2.24. The van der Waals surface area contributed by atoms with E-state index in [1.165, 1.54) is 6.07 Å². The predicted octanol–water partition coefficient (Wildman–Crippen LogP) is 4.66. The molecule has 0 saturated heterocycles. The molecule has 0 bridgehead atoms. The van der Waals surface area contributed by atoms with Crippen molar-refractivity contribution in [3.8, 4) is 5.75 Å². The van der Waals surface area contributed by atoms with Gasteiger partial charge >= 0.3 is 0 Å². The number of benzene rings is 2. The van der Waals surface area contributed by atoms with Crippen LogP contribution >= 0.6 is 11.6 Å². The number of rotatable bonds is 7. The number of ether oxygens (including phenoxy) is 1. The Morgan fingerprint density at radius 2 is 1.96 bits per heavy atom. The van der Waals surface area contributed by atoms with Crippen LogP contribution in [0, 0.1) is 24.0 Å². The first-order valence-corrected chi connectivity index (χ1v) is 8.18. The first kappa shape index (κ1) is 18.7. The Bertz CT molecular complexity index is 793. The topological polar surface area (TPSA) is 81.5 Å². The summed E-state index contributed by atoms with van der Waals surface area (Å²) in [6.45, 7) is 3.94. The molecule has 132 valence electrons. The number of carbonyl (C=O) groups is 1. The minimum absolute atomic E-state index is 0.0146. The van der Waals surface area contributed by atoms with Gasteiger partial charge in [-0.3, -0.25) is 14.9 Å². The Labute approximate surface area is 150 Å². The molecular weight excluding hydrogens is 344 g/mol. The summed E-state index contributed by atoms with van der Waals surface area (Å²) in [7, 11) is 0. The maximum atomic E-state index is 11.9. The number of nitro benzene ring substituents is 1. The Balaban J connectivity index is 1.80. The van der Waals surface area contributed by atoms with Crippen LogP contribution in [-0.4, -0.2) is 17.4 Å². The number of carbonyl (C=O) groups excluding carboxylic acids is 1. The molecule has 0 spiro atoms. The summed E-state index contributed by atoms with van der Waals surface area (Å²) in [4.78, 5) is 22.4. The van der Waals surface area contributed by atoms with Gasteiger partial charge in [0.05, 0.1) is 11.5 Å². The van der Waals surface area contributed by atoms with Gasteiger partial charge in [0.25, 0.3) is 5.69 Å². The predicted molar refractivity (Wildman–Crippen MR) is 97.4 cm³/mol. The molecule has 0 aliphatic heterocycles. The molecule has 6 nitrogen and oxygen atoms in total. The van der Waals surface area contributed by atoms with Crippen LogP contribution in [0.25, 0.3) is 0 Å². The molecule has 0 heterocycles. The molecule has 0 atom stereocenters. The number of nitrogens with one attached hydrogen (secondary N) is 1. The number of hydrogen-bond donors (Lipinski definition) is 1. The molecule has 0 unspecified atom stereocenters. The van der Waals surface area contributed by atoms with E-state index in [0.29, 0.717) is 35.1 Å². The zero-order chi connectivity index (χ0) is 18.4. The summed E-state index contributed by atoms with van der Waals surface area (Å²) in [5.74, 6) is 0.491. The standard InChI is InChI=1S/C18H19ClN2O4/c1-12-5-6-14(11-17(12)21(23)24)20-18(22)4-3-9-25-15-7-8-16(19)13(2)10-15/h5-8,10-11H,3-4,9H2,1-2H3,(H,20,22). The monoisotopic (exact) mass is 362 g/mol. The van der Waals surface area contributed by atoms with Gasteiger partial charge in [-0.25, -0.2) is 0 Å². The van der Waals surface area contributed by atoms with Crippen molar-refractivity contribution < 1.29 is 14.5 Å². The van der Waals surface area contributed by atoms with Gasteiger partial charge in [0.1, 0.15) is 5.75 Å². The second-order valence-electron chi connectivity index (χ2n) is 5.67. The van der Waals surface area contributed by atoms with Crippen molar-refractivity contribution in [3.63, 3.8) is 0 Å². The second kappa shape index (κ2) is 8.48. The number of nitro groups is 1. The summed E-state index contributed by atoms with van der Waals surface area (Å²) >= 11 is 5.95. The fourth-order valence-corrected chi connectivity index (χ4v) is 2.35. The molecule has 2 rings (SSSR count). The molecule has 2 aromatic rings. The molecule has 0 aliphatic carbocycles. The van der Waals surface area contributed by atoms with Gasteiger partial charge in [-0.1, -0.05) is 17.7 Å². The highest BCUT2D eigenvalue weighted by molar-refractivity contribution is 6.31. The number of nitrogens with zero attached hydrogens (tertiary/aromatic N) is 1. The van der Waals surface area contributed by atoms with Crippen molar-refractivity contribution in [1.29, 1.82) is 0 Å². The molecule has 0 fully saturated rings. The first-order chi connectivity index (χ1) is 11.9. The third kappa shape index (κ3) is 5.46. The Hall–Kier alpha value is -2.60. The lowest BCUT2D eigenvalue weighted by molar-refractivity contribution is -0.385. The van der Waals surface area contributed by atoms with E-state index in [4.69, 9.17) is 16.3 Å². The van der Waals surface area contributed by atoms with E-state index in [1.54, 1.807) is 31.2 Å². The van der Waals surface area contributed by atoms with Gasteiger partial charge in [0.15, 0.2) is 0 Å². The van der Waals surface area contributed by atoms with Gasteiger partial charge in [-0.15, -0.1) is 0 Å². The molecule has 0 radical (unpaired) electrons. The quantitative estimate of drug-likeness (QED) is 0.441. The van der Waals surface area contributed by atoms with Crippen LogP contribution in [0.2, 0.25) is 5.02 Å². The number of amides is 1. The summed E-state index contributed by atoms with van der Waals surface area (Å²) in [5, 5.41) is 14.3. The molecule has 0 aliphatic rings. The van der Waals surface area contributed by atoms with Gasteiger partial charge in [-0.05, 0) is 50.1 Å². The number of anilines is 1. The lowest BCUT2D eigenvalue weighted by Crippen LogP contribution is -2.13. The summed E-state index contributed by atoms with van der Waals surface area (Å²) in [6, 6.07) is 10.0. The maximum Gasteiger partial charge on any atom is 0.274 e. The van der Waals surface area contributed by atoms with Crippen LogP contribution in [0.15, 0.2) is 36.4 Å². The van der Waals surface area contributed by atoms with E-state index in [-0.39, 0.29) is 18.0 Å². The van der Waals surface area contributed by atoms with Crippen LogP contribution in [0.4, 0.5) is 11.4 Å². The van der Waals surface area contributed by atoms with Crippen LogP contribution in [0.1, 0.15) is 24.0 Å². The van der Waals surface area contributed by atoms with Crippen LogP contribution in [0.3, 0.4) is 0 Å². The second-order valence-corrected chi connectivity index (χ2v) is 6.08. The van der Waals surface area contributed by atoms with Gasteiger partial charge < -0.3 is 10.1 Å². The smallest absolute Gasteiger partial charge is 0.274 e. The number of hydrogen-bond acceptors (Lipinski definition) is 4. The molecule has 1 N–H and O–H groups in total. The average molecular weight is 363 g/mol. The van der Waals surface area contributed by atoms with Crippen molar-refractivity contribution in [3.05, 3.63) is 62.7 Å². The lowest BCUT2D eigenvalue weighted by Gasteiger charge is -2.08. The van der Waals surface area contributed by atoms with E-state index in [2.05, 4.69) is 5.32 Å². The third-order valence-corrected chi connectivity index (χ3v) is 4.06. The lowest BCUT2D eigenvalue weighted by atomic mass is 10.2. The van der Waals surface area contributed by atoms with E-state index in [0.717, 1.165) is 5.56 Å². The maximum absolute atomic E-state index is 11.9. The zero-order valence-corrected chi connectivity index (χ0v) is 14.8. The summed E-state index contributed by atoms with van der Waals surface area (Å²) in [6.07, 6.45) is 0.787. The van der Waals surface area contributed by atoms with Crippen molar-refractivity contribution in [1.82, 2.24) is 0 Å². The highest BCUT2D eigenvalue weighted by atomic mass is 35.5. The van der Waals surface area contributed by atoms with Gasteiger partial charge in [-0.2, -0.15) is 0 Å². The minimum Gasteiger partial charge on any atom is -0.494 e. The molecule has 25 heavy (non-hydrogen) atoms. The molecular formula is C18H19ClN2O4. The molecule has 0 saturated carbocycles. The Kier molecular flexibility index (Phi) is 6.36. The largest absolute Gasteiger partial charge is 0.494 e. The normalized spacial score (nSPS) is 10.4. The minimum atomic E-state index is -0.465.